The van der Waals surface area contributed by atoms with E-state index >= 15 is 0 Å². The first-order valence-electron chi connectivity index (χ1n) is 10.7. The zero-order chi connectivity index (χ0) is 24.5. The van der Waals surface area contributed by atoms with Gasteiger partial charge in [-0.3, -0.25) is 14.4 Å². The number of carbonyl (C=O) groups is 4. The zero-order valence-corrected chi connectivity index (χ0v) is 18.2. The molecule has 0 radical (unpaired) electrons. The Bertz CT molecular complexity index is 1470. The molecule has 1 aliphatic heterocycles. The molecule has 0 saturated heterocycles. The van der Waals surface area contributed by atoms with E-state index in [1.807, 2.05) is 0 Å². The number of anilines is 1. The summed E-state index contributed by atoms with van der Waals surface area (Å²) in [6.07, 6.45) is 0. The third kappa shape index (κ3) is 4.06. The highest BCUT2D eigenvalue weighted by molar-refractivity contribution is 6.34. The number of rotatable bonds is 6. The van der Waals surface area contributed by atoms with Crippen molar-refractivity contribution in [2.75, 3.05) is 4.90 Å². The minimum atomic E-state index is -1.02. The van der Waals surface area contributed by atoms with Crippen molar-refractivity contribution in [3.8, 4) is 11.5 Å². The second kappa shape index (κ2) is 8.72. The van der Waals surface area contributed by atoms with E-state index in [0.717, 1.165) is 4.90 Å². The van der Waals surface area contributed by atoms with Crippen molar-refractivity contribution in [3.63, 3.8) is 0 Å². The van der Waals surface area contributed by atoms with Crippen LogP contribution in [0.15, 0.2) is 97.1 Å². The van der Waals surface area contributed by atoms with Gasteiger partial charge < -0.3 is 9.84 Å². The van der Waals surface area contributed by atoms with Gasteiger partial charge in [0.1, 0.15) is 11.5 Å². The summed E-state index contributed by atoms with van der Waals surface area (Å²) in [4.78, 5) is 50.8. The van der Waals surface area contributed by atoms with Crippen LogP contribution in [-0.4, -0.2) is 28.7 Å². The van der Waals surface area contributed by atoms with Gasteiger partial charge in [-0.1, -0.05) is 24.3 Å². The smallest absolute Gasteiger partial charge is 0.335 e. The van der Waals surface area contributed by atoms with Crippen molar-refractivity contribution in [2.24, 2.45) is 0 Å². The Morgan fingerprint density at radius 2 is 1.17 bits per heavy atom. The summed E-state index contributed by atoms with van der Waals surface area (Å²) >= 11 is 0. The molecule has 0 unspecified atom stereocenters. The van der Waals surface area contributed by atoms with Crippen LogP contribution in [0.1, 0.15) is 47.0 Å². The summed E-state index contributed by atoms with van der Waals surface area (Å²) in [6.45, 7) is 0. The van der Waals surface area contributed by atoms with E-state index in [2.05, 4.69) is 0 Å². The van der Waals surface area contributed by atoms with Crippen LogP contribution < -0.4 is 9.64 Å². The molecule has 0 spiro atoms. The van der Waals surface area contributed by atoms with Gasteiger partial charge in [-0.05, 0) is 72.8 Å². The summed E-state index contributed by atoms with van der Waals surface area (Å²) in [6, 6.07) is 25.5. The molecule has 35 heavy (non-hydrogen) atoms. The molecule has 4 aromatic carbocycles. The third-order valence-corrected chi connectivity index (χ3v) is 5.62. The number of aromatic carboxylic acids is 1. The number of benzene rings is 4. The van der Waals surface area contributed by atoms with Gasteiger partial charge in [0.25, 0.3) is 11.8 Å². The first kappa shape index (κ1) is 21.8. The SMILES string of the molecule is O=C(O)c1ccc(Oc2ccc(C(=O)c3ccc4c(c3)C(=O)N(c3ccccc3)C4=O)cc2)cc1. The molecule has 1 aliphatic rings. The third-order valence-electron chi connectivity index (χ3n) is 5.62. The van der Waals surface area contributed by atoms with Gasteiger partial charge in [0.15, 0.2) is 5.78 Å². The molecule has 7 heteroatoms. The molecule has 0 fully saturated rings. The van der Waals surface area contributed by atoms with Gasteiger partial charge >= 0.3 is 5.97 Å². The van der Waals surface area contributed by atoms with Crippen molar-refractivity contribution in [2.45, 2.75) is 0 Å². The second-order valence-corrected chi connectivity index (χ2v) is 7.83. The van der Waals surface area contributed by atoms with Crippen molar-refractivity contribution < 1.29 is 29.0 Å². The molecule has 4 aromatic rings. The van der Waals surface area contributed by atoms with Crippen LogP contribution in [0.5, 0.6) is 11.5 Å². The van der Waals surface area contributed by atoms with Crippen molar-refractivity contribution in [3.05, 3.63) is 125 Å². The average molecular weight is 463 g/mol. The maximum atomic E-state index is 13.1. The first-order valence-corrected chi connectivity index (χ1v) is 10.7. The van der Waals surface area contributed by atoms with Gasteiger partial charge in [0.05, 0.1) is 22.4 Å². The quantitative estimate of drug-likeness (QED) is 0.311. The fourth-order valence-electron chi connectivity index (χ4n) is 3.84. The summed E-state index contributed by atoms with van der Waals surface area (Å²) in [5.41, 5.74) is 1.75. The highest BCUT2D eigenvalue weighted by Crippen LogP contribution is 2.30. The lowest BCUT2D eigenvalue weighted by molar-refractivity contribution is 0.0696. The minimum absolute atomic E-state index is 0.153. The highest BCUT2D eigenvalue weighted by atomic mass is 16.5. The van der Waals surface area contributed by atoms with Gasteiger partial charge in [-0.15, -0.1) is 0 Å². The zero-order valence-electron chi connectivity index (χ0n) is 18.2. The molecular weight excluding hydrogens is 446 g/mol. The molecule has 1 N–H and O–H groups in total. The number of amides is 2. The van der Waals surface area contributed by atoms with Gasteiger partial charge in [0.2, 0.25) is 0 Å². The van der Waals surface area contributed by atoms with E-state index in [4.69, 9.17) is 9.84 Å². The Balaban J connectivity index is 1.34. The Morgan fingerprint density at radius 1 is 0.629 bits per heavy atom. The first-order chi connectivity index (χ1) is 16.9. The number of para-hydroxylation sites is 1. The summed E-state index contributed by atoms with van der Waals surface area (Å²) in [5.74, 6) is -1.29. The molecule has 170 valence electrons. The normalized spacial score (nSPS) is 12.4. The Morgan fingerprint density at radius 3 is 1.77 bits per heavy atom. The largest absolute Gasteiger partial charge is 0.478 e. The minimum Gasteiger partial charge on any atom is -0.478 e. The topological polar surface area (TPSA) is 101 Å². The van der Waals surface area contributed by atoms with Gasteiger partial charge in [-0.25, -0.2) is 9.69 Å². The number of hydrogen-bond donors (Lipinski definition) is 1. The predicted octanol–water partition coefficient (Wildman–Crippen LogP) is 5.21. The second-order valence-electron chi connectivity index (χ2n) is 7.83. The molecule has 0 atom stereocenters. The Hall–Kier alpha value is -5.04. The van der Waals surface area contributed by atoms with Crippen LogP contribution in [0.4, 0.5) is 5.69 Å². The summed E-state index contributed by atoms with van der Waals surface area (Å²) in [7, 11) is 0. The number of fused-ring (bicyclic) bond motifs is 1. The number of ketones is 1. The van der Waals surface area contributed by atoms with E-state index in [-0.39, 0.29) is 28.0 Å². The summed E-state index contributed by atoms with van der Waals surface area (Å²) in [5, 5.41) is 8.98. The van der Waals surface area contributed by atoms with E-state index in [0.29, 0.717) is 22.7 Å². The Kier molecular flexibility index (Phi) is 5.43. The van der Waals surface area contributed by atoms with Crippen LogP contribution in [0.25, 0.3) is 0 Å². The molecule has 0 saturated carbocycles. The molecule has 0 aromatic heterocycles. The van der Waals surface area contributed by atoms with Crippen LogP contribution in [0.3, 0.4) is 0 Å². The van der Waals surface area contributed by atoms with Crippen LogP contribution in [0, 0.1) is 0 Å². The summed E-state index contributed by atoms with van der Waals surface area (Å²) < 4.78 is 5.70. The monoisotopic (exact) mass is 463 g/mol. The number of carboxylic acid groups (broad SMARTS) is 1. The van der Waals surface area contributed by atoms with Gasteiger partial charge in [-0.2, -0.15) is 0 Å². The van der Waals surface area contributed by atoms with E-state index in [9.17, 15) is 19.2 Å². The molecule has 0 bridgehead atoms. The van der Waals surface area contributed by atoms with Crippen molar-refractivity contribution >= 4 is 29.3 Å². The molecule has 1 heterocycles. The maximum absolute atomic E-state index is 13.1. The number of ether oxygens (including phenoxy) is 1. The lowest BCUT2D eigenvalue weighted by Gasteiger charge is -2.13. The van der Waals surface area contributed by atoms with Crippen molar-refractivity contribution in [1.82, 2.24) is 0 Å². The number of carbonyl (C=O) groups excluding carboxylic acids is 3. The maximum Gasteiger partial charge on any atom is 0.335 e. The fraction of sp³-hybridized carbons (Fsp3) is 0. The molecule has 0 aliphatic carbocycles. The standard InChI is InChI=1S/C28H17NO6/c30-25(17-6-11-21(12-7-17)35-22-13-8-18(9-14-22)28(33)34)19-10-15-23-24(16-19)27(32)29(26(23)31)20-4-2-1-3-5-20/h1-16H,(H,33,34). The fourth-order valence-corrected chi connectivity index (χ4v) is 3.84. The van der Waals surface area contributed by atoms with Crippen molar-refractivity contribution in [1.29, 1.82) is 0 Å². The van der Waals surface area contributed by atoms with Crippen LogP contribution in [-0.2, 0) is 0 Å². The number of carboxylic acids is 1. The van der Waals surface area contributed by atoms with E-state index in [1.165, 1.54) is 30.3 Å². The lowest BCUT2D eigenvalue weighted by Crippen LogP contribution is -2.29. The van der Waals surface area contributed by atoms with Crippen LogP contribution >= 0.6 is 0 Å². The average Bonchev–Trinajstić information content (AvgIpc) is 3.14. The predicted molar refractivity (Wildman–Crippen MR) is 127 cm³/mol. The van der Waals surface area contributed by atoms with Crippen LogP contribution in [0.2, 0.25) is 0 Å². The lowest BCUT2D eigenvalue weighted by atomic mass is 9.99. The highest BCUT2D eigenvalue weighted by Gasteiger charge is 2.37. The number of imide groups is 1. The molecule has 7 nitrogen and oxygen atoms in total. The molecular formula is C28H17NO6. The van der Waals surface area contributed by atoms with E-state index < -0.39 is 17.8 Å². The molecule has 2 amide bonds. The Labute approximate surface area is 199 Å². The number of nitrogens with zero attached hydrogens (tertiary/aromatic N) is 1. The van der Waals surface area contributed by atoms with Gasteiger partial charge in [0, 0.05) is 11.1 Å². The molecule has 5 rings (SSSR count). The number of hydrogen-bond acceptors (Lipinski definition) is 5. The van der Waals surface area contributed by atoms with E-state index in [1.54, 1.807) is 66.7 Å².